The first-order chi connectivity index (χ1) is 11.0. The first-order valence-electron chi connectivity index (χ1n) is 8.71. The van der Waals surface area contributed by atoms with Crippen LogP contribution in [0, 0.1) is 18.8 Å². The second-order valence-electron chi connectivity index (χ2n) is 7.01. The summed E-state index contributed by atoms with van der Waals surface area (Å²) in [6, 6.07) is 7.75. The number of nitrogens with one attached hydrogen (secondary N) is 1. The van der Waals surface area contributed by atoms with Crippen molar-refractivity contribution in [2.75, 3.05) is 32.8 Å². The molecule has 0 aliphatic carbocycles. The molecule has 1 saturated heterocycles. The van der Waals surface area contributed by atoms with Crippen LogP contribution in [0.1, 0.15) is 32.3 Å². The SMILES string of the molecule is Cc1cccc(OCC(=O)NCCCN2C[C@@H](C)C[C@H](C)C2)c1. The first-order valence-corrected chi connectivity index (χ1v) is 8.71. The van der Waals surface area contributed by atoms with E-state index in [0.29, 0.717) is 0 Å². The van der Waals surface area contributed by atoms with Gasteiger partial charge in [0.25, 0.3) is 5.91 Å². The summed E-state index contributed by atoms with van der Waals surface area (Å²) in [4.78, 5) is 14.3. The zero-order chi connectivity index (χ0) is 16.7. The van der Waals surface area contributed by atoms with Crippen LogP contribution in [0.2, 0.25) is 0 Å². The summed E-state index contributed by atoms with van der Waals surface area (Å²) < 4.78 is 5.50. The van der Waals surface area contributed by atoms with Crippen molar-refractivity contribution in [2.45, 2.75) is 33.6 Å². The Morgan fingerprint density at radius 1 is 1.30 bits per heavy atom. The Labute approximate surface area is 140 Å². The van der Waals surface area contributed by atoms with Crippen LogP contribution in [0.3, 0.4) is 0 Å². The maximum Gasteiger partial charge on any atom is 0.257 e. The number of amides is 1. The van der Waals surface area contributed by atoms with Gasteiger partial charge in [-0.05, 0) is 55.8 Å². The molecule has 0 bridgehead atoms. The molecule has 1 aromatic carbocycles. The lowest BCUT2D eigenvalue weighted by Crippen LogP contribution is -2.40. The third kappa shape index (κ3) is 6.61. The van der Waals surface area contributed by atoms with Gasteiger partial charge < -0.3 is 15.0 Å². The minimum absolute atomic E-state index is 0.0492. The molecule has 4 heteroatoms. The van der Waals surface area contributed by atoms with Gasteiger partial charge in [0.05, 0.1) is 0 Å². The van der Waals surface area contributed by atoms with Gasteiger partial charge in [-0.3, -0.25) is 4.79 Å². The number of hydrogen-bond acceptors (Lipinski definition) is 3. The number of piperidine rings is 1. The van der Waals surface area contributed by atoms with Crippen LogP contribution in [0.15, 0.2) is 24.3 Å². The summed E-state index contributed by atoms with van der Waals surface area (Å²) in [5.74, 6) is 2.27. The average molecular weight is 318 g/mol. The summed E-state index contributed by atoms with van der Waals surface area (Å²) in [5.41, 5.74) is 1.13. The monoisotopic (exact) mass is 318 g/mol. The van der Waals surface area contributed by atoms with E-state index in [1.807, 2.05) is 31.2 Å². The summed E-state index contributed by atoms with van der Waals surface area (Å²) >= 11 is 0. The van der Waals surface area contributed by atoms with Crippen molar-refractivity contribution >= 4 is 5.91 Å². The van der Waals surface area contributed by atoms with Crippen molar-refractivity contribution in [1.29, 1.82) is 0 Å². The minimum Gasteiger partial charge on any atom is -0.484 e. The molecule has 0 unspecified atom stereocenters. The van der Waals surface area contributed by atoms with Crippen molar-refractivity contribution in [1.82, 2.24) is 10.2 Å². The highest BCUT2D eigenvalue weighted by Crippen LogP contribution is 2.20. The minimum atomic E-state index is -0.0492. The van der Waals surface area contributed by atoms with Crippen LogP contribution >= 0.6 is 0 Å². The molecule has 1 aromatic rings. The molecule has 2 atom stereocenters. The summed E-state index contributed by atoms with van der Waals surface area (Å²) in [6.07, 6.45) is 2.33. The van der Waals surface area contributed by atoms with Crippen molar-refractivity contribution in [3.05, 3.63) is 29.8 Å². The Morgan fingerprint density at radius 3 is 2.74 bits per heavy atom. The quantitative estimate of drug-likeness (QED) is 0.786. The number of benzene rings is 1. The molecule has 4 nitrogen and oxygen atoms in total. The molecule has 1 amide bonds. The second kappa shape index (κ2) is 8.92. The number of carbonyl (C=O) groups excluding carboxylic acids is 1. The molecule has 0 spiro atoms. The van der Waals surface area contributed by atoms with E-state index in [0.717, 1.165) is 42.7 Å². The molecule has 1 N–H and O–H groups in total. The fourth-order valence-corrected chi connectivity index (χ4v) is 3.41. The Kier molecular flexibility index (Phi) is 6.90. The second-order valence-corrected chi connectivity index (χ2v) is 7.01. The summed E-state index contributed by atoms with van der Waals surface area (Å²) in [6.45, 7) is 10.9. The van der Waals surface area contributed by atoms with E-state index in [1.165, 1.54) is 19.5 Å². The van der Waals surface area contributed by atoms with Crippen molar-refractivity contribution in [3.8, 4) is 5.75 Å². The molecule has 1 aliphatic rings. The number of ether oxygens (including phenoxy) is 1. The molecule has 2 rings (SSSR count). The molecule has 1 fully saturated rings. The van der Waals surface area contributed by atoms with E-state index in [4.69, 9.17) is 4.74 Å². The lowest BCUT2D eigenvalue weighted by molar-refractivity contribution is -0.123. The third-order valence-electron chi connectivity index (χ3n) is 4.28. The maximum absolute atomic E-state index is 11.8. The molecule has 23 heavy (non-hydrogen) atoms. The Balaban J connectivity index is 1.58. The average Bonchev–Trinajstić information content (AvgIpc) is 2.49. The van der Waals surface area contributed by atoms with E-state index in [9.17, 15) is 4.79 Å². The Hall–Kier alpha value is -1.55. The number of likely N-dealkylation sites (tertiary alicyclic amines) is 1. The lowest BCUT2D eigenvalue weighted by Gasteiger charge is -2.34. The van der Waals surface area contributed by atoms with Gasteiger partial charge in [-0.2, -0.15) is 0 Å². The molecule has 0 radical (unpaired) electrons. The number of hydrogen-bond donors (Lipinski definition) is 1. The van der Waals surface area contributed by atoms with Gasteiger partial charge in [0, 0.05) is 19.6 Å². The van der Waals surface area contributed by atoms with Gasteiger partial charge in [0.1, 0.15) is 5.75 Å². The van der Waals surface area contributed by atoms with Gasteiger partial charge in [-0.1, -0.05) is 26.0 Å². The molecule has 128 valence electrons. The fourth-order valence-electron chi connectivity index (χ4n) is 3.41. The Bertz CT molecular complexity index is 494. The predicted octanol–water partition coefficient (Wildman–Crippen LogP) is 2.86. The smallest absolute Gasteiger partial charge is 0.257 e. The Morgan fingerprint density at radius 2 is 2.04 bits per heavy atom. The standard InChI is InChI=1S/C19H30N2O2/c1-15-6-4-7-18(11-15)23-14-19(22)20-8-5-9-21-12-16(2)10-17(3)13-21/h4,6-7,11,16-17H,5,8-10,12-14H2,1-3H3,(H,20,22)/t16-,17-/m0/s1. The van der Waals surface area contributed by atoms with Crippen LogP contribution in [0.25, 0.3) is 0 Å². The van der Waals surface area contributed by atoms with Gasteiger partial charge in [0.15, 0.2) is 6.61 Å². The van der Waals surface area contributed by atoms with Crippen LogP contribution in [-0.4, -0.2) is 43.6 Å². The number of carbonyl (C=O) groups is 1. The zero-order valence-corrected chi connectivity index (χ0v) is 14.7. The van der Waals surface area contributed by atoms with E-state index in [1.54, 1.807) is 0 Å². The van der Waals surface area contributed by atoms with Crippen LogP contribution in [0.4, 0.5) is 0 Å². The lowest BCUT2D eigenvalue weighted by atomic mass is 9.92. The molecule has 0 saturated carbocycles. The molecular formula is C19H30N2O2. The molecular weight excluding hydrogens is 288 g/mol. The maximum atomic E-state index is 11.8. The van der Waals surface area contributed by atoms with E-state index >= 15 is 0 Å². The van der Waals surface area contributed by atoms with Crippen molar-refractivity contribution < 1.29 is 9.53 Å². The molecule has 1 heterocycles. The van der Waals surface area contributed by atoms with Crippen LogP contribution in [-0.2, 0) is 4.79 Å². The predicted molar refractivity (Wildman–Crippen MR) is 93.7 cm³/mol. The number of aryl methyl sites for hydroxylation is 1. The molecule has 0 aromatic heterocycles. The van der Waals surface area contributed by atoms with Crippen molar-refractivity contribution in [3.63, 3.8) is 0 Å². The third-order valence-corrected chi connectivity index (χ3v) is 4.28. The largest absolute Gasteiger partial charge is 0.484 e. The highest BCUT2D eigenvalue weighted by Gasteiger charge is 2.20. The fraction of sp³-hybridized carbons (Fsp3) is 0.632. The summed E-state index contributed by atoms with van der Waals surface area (Å²) in [7, 11) is 0. The van der Waals surface area contributed by atoms with E-state index in [-0.39, 0.29) is 12.5 Å². The van der Waals surface area contributed by atoms with Gasteiger partial charge in [-0.15, -0.1) is 0 Å². The van der Waals surface area contributed by atoms with E-state index < -0.39 is 0 Å². The highest BCUT2D eigenvalue weighted by molar-refractivity contribution is 5.77. The number of nitrogens with zero attached hydrogens (tertiary/aromatic N) is 1. The van der Waals surface area contributed by atoms with Crippen LogP contribution in [0.5, 0.6) is 5.75 Å². The van der Waals surface area contributed by atoms with Crippen molar-refractivity contribution in [2.24, 2.45) is 11.8 Å². The number of rotatable bonds is 7. The highest BCUT2D eigenvalue weighted by atomic mass is 16.5. The van der Waals surface area contributed by atoms with Gasteiger partial charge >= 0.3 is 0 Å². The summed E-state index contributed by atoms with van der Waals surface area (Å²) in [5, 5.41) is 2.94. The zero-order valence-electron chi connectivity index (χ0n) is 14.7. The molecule has 1 aliphatic heterocycles. The van der Waals surface area contributed by atoms with Gasteiger partial charge in [-0.25, -0.2) is 0 Å². The van der Waals surface area contributed by atoms with Crippen LogP contribution < -0.4 is 10.1 Å². The first kappa shape index (κ1) is 17.8. The normalized spacial score (nSPS) is 21.9. The topological polar surface area (TPSA) is 41.6 Å². The van der Waals surface area contributed by atoms with E-state index in [2.05, 4.69) is 24.1 Å². The van der Waals surface area contributed by atoms with Gasteiger partial charge in [0.2, 0.25) is 0 Å².